The van der Waals surface area contributed by atoms with Gasteiger partial charge in [-0.3, -0.25) is 5.10 Å². The molecule has 7 heteroatoms. The molecule has 2 rings (SSSR count). The van der Waals surface area contributed by atoms with Crippen LogP contribution in [-0.2, 0) is 13.1 Å². The van der Waals surface area contributed by atoms with Gasteiger partial charge in [-0.05, 0) is 28.1 Å². The van der Waals surface area contributed by atoms with Crippen molar-refractivity contribution in [2.24, 2.45) is 0 Å². The highest BCUT2D eigenvalue weighted by atomic mass is 79.9. The lowest BCUT2D eigenvalue weighted by Crippen LogP contribution is -2.36. The average Bonchev–Trinajstić information content (AvgIpc) is 2.97. The first kappa shape index (κ1) is 13.1. The monoisotopic (exact) mass is 328 g/mol. The third-order valence-electron chi connectivity index (χ3n) is 2.35. The van der Waals surface area contributed by atoms with Crippen LogP contribution in [0.5, 0.6) is 0 Å². The van der Waals surface area contributed by atoms with Gasteiger partial charge >= 0.3 is 6.03 Å². The van der Waals surface area contributed by atoms with E-state index in [2.05, 4.69) is 31.4 Å². The number of carbonyl (C=O) groups is 1. The van der Waals surface area contributed by atoms with Crippen molar-refractivity contribution in [3.8, 4) is 0 Å². The highest BCUT2D eigenvalue weighted by Crippen LogP contribution is 2.20. The molecule has 0 saturated carbocycles. The summed E-state index contributed by atoms with van der Waals surface area (Å²) in [4.78, 5) is 14.6. The van der Waals surface area contributed by atoms with Crippen LogP contribution in [0.3, 0.4) is 0 Å². The number of aromatic amines is 1. The summed E-state index contributed by atoms with van der Waals surface area (Å²) in [6, 6.07) is 3.74. The fraction of sp³-hybridized carbons (Fsp3) is 0.273. The molecule has 2 heterocycles. The van der Waals surface area contributed by atoms with E-state index < -0.39 is 0 Å². The summed E-state index contributed by atoms with van der Waals surface area (Å²) in [5.74, 6) is 0. The second-order valence-corrected chi connectivity index (χ2v) is 5.74. The van der Waals surface area contributed by atoms with Crippen molar-refractivity contribution in [3.63, 3.8) is 0 Å². The highest BCUT2D eigenvalue weighted by Gasteiger charge is 2.10. The Morgan fingerprint density at radius 1 is 1.67 bits per heavy atom. The van der Waals surface area contributed by atoms with Gasteiger partial charge in [0.1, 0.15) is 0 Å². The van der Waals surface area contributed by atoms with Gasteiger partial charge in [-0.25, -0.2) is 4.79 Å². The van der Waals surface area contributed by atoms with Gasteiger partial charge in [0.2, 0.25) is 0 Å². The molecule has 0 spiro atoms. The summed E-state index contributed by atoms with van der Waals surface area (Å²) in [5.41, 5.74) is 0.885. The van der Waals surface area contributed by atoms with Crippen molar-refractivity contribution in [2.45, 2.75) is 13.1 Å². The third-order valence-corrected chi connectivity index (χ3v) is 4.03. The van der Waals surface area contributed by atoms with E-state index in [1.807, 2.05) is 17.5 Å². The first-order valence-corrected chi connectivity index (χ1v) is 7.02. The van der Waals surface area contributed by atoms with Gasteiger partial charge in [-0.1, -0.05) is 0 Å². The van der Waals surface area contributed by atoms with Gasteiger partial charge in [0.05, 0.1) is 18.8 Å². The van der Waals surface area contributed by atoms with Crippen LogP contribution in [-0.4, -0.2) is 28.2 Å². The van der Waals surface area contributed by atoms with Gasteiger partial charge in [0.15, 0.2) is 0 Å². The number of halogens is 1. The number of nitrogens with one attached hydrogen (secondary N) is 2. The van der Waals surface area contributed by atoms with Crippen LogP contribution in [0.4, 0.5) is 4.79 Å². The van der Waals surface area contributed by atoms with E-state index in [4.69, 9.17) is 0 Å². The molecule has 0 saturated heterocycles. The summed E-state index contributed by atoms with van der Waals surface area (Å²) >= 11 is 5.02. The lowest BCUT2D eigenvalue weighted by molar-refractivity contribution is 0.206. The summed E-state index contributed by atoms with van der Waals surface area (Å²) < 4.78 is 1.05. The molecule has 96 valence electrons. The fourth-order valence-corrected chi connectivity index (χ4v) is 2.93. The molecule has 0 atom stereocenters. The van der Waals surface area contributed by atoms with Gasteiger partial charge in [0.25, 0.3) is 0 Å². The van der Waals surface area contributed by atoms with Crippen LogP contribution in [0.15, 0.2) is 28.2 Å². The second-order valence-electron chi connectivity index (χ2n) is 3.83. The lowest BCUT2D eigenvalue weighted by atomic mass is 10.4. The molecule has 0 aliphatic heterocycles. The average molecular weight is 329 g/mol. The van der Waals surface area contributed by atoms with Crippen molar-refractivity contribution >= 4 is 33.3 Å². The Hall–Kier alpha value is -1.34. The van der Waals surface area contributed by atoms with Crippen LogP contribution in [0.25, 0.3) is 0 Å². The minimum absolute atomic E-state index is 0.103. The number of thiophene rings is 1. The SMILES string of the molecule is CN(Cc1cc(Br)cs1)C(=O)NCc1ccn[nH]1. The number of rotatable bonds is 4. The number of amides is 2. The van der Waals surface area contributed by atoms with E-state index in [-0.39, 0.29) is 6.03 Å². The summed E-state index contributed by atoms with van der Waals surface area (Å²) in [6.07, 6.45) is 1.66. The molecular formula is C11H13BrN4OS. The number of carbonyl (C=O) groups excluding carboxylic acids is 1. The molecule has 2 aromatic heterocycles. The number of hydrogen-bond donors (Lipinski definition) is 2. The minimum atomic E-state index is -0.103. The summed E-state index contributed by atoms with van der Waals surface area (Å²) in [7, 11) is 1.77. The van der Waals surface area contributed by atoms with Crippen molar-refractivity contribution < 1.29 is 4.79 Å². The fourth-order valence-electron chi connectivity index (χ4n) is 1.43. The molecule has 2 aromatic rings. The standard InChI is InChI=1S/C11H13BrN4OS/c1-16(6-10-4-8(12)7-18-10)11(17)13-5-9-2-3-14-15-9/h2-4,7H,5-6H2,1H3,(H,13,17)(H,14,15). The Morgan fingerprint density at radius 2 is 2.50 bits per heavy atom. The molecule has 2 N–H and O–H groups in total. The molecule has 0 bridgehead atoms. The first-order chi connectivity index (χ1) is 8.65. The Morgan fingerprint density at radius 3 is 3.11 bits per heavy atom. The number of H-pyrrole nitrogens is 1. The Balaban J connectivity index is 1.81. The number of urea groups is 1. The zero-order valence-corrected chi connectivity index (χ0v) is 12.2. The molecular weight excluding hydrogens is 316 g/mol. The molecule has 18 heavy (non-hydrogen) atoms. The molecule has 5 nitrogen and oxygen atoms in total. The second kappa shape index (κ2) is 6.01. The summed E-state index contributed by atoms with van der Waals surface area (Å²) in [6.45, 7) is 1.06. The first-order valence-electron chi connectivity index (χ1n) is 5.35. The predicted octanol–water partition coefficient (Wildman–Crippen LogP) is 2.58. The topological polar surface area (TPSA) is 61.0 Å². The largest absolute Gasteiger partial charge is 0.332 e. The maximum Gasteiger partial charge on any atom is 0.317 e. The highest BCUT2D eigenvalue weighted by molar-refractivity contribution is 9.10. The van der Waals surface area contributed by atoms with E-state index in [0.29, 0.717) is 13.1 Å². The van der Waals surface area contributed by atoms with E-state index in [1.165, 1.54) is 0 Å². The van der Waals surface area contributed by atoms with Crippen LogP contribution in [0.2, 0.25) is 0 Å². The van der Waals surface area contributed by atoms with Crippen LogP contribution in [0.1, 0.15) is 10.6 Å². The van der Waals surface area contributed by atoms with Crippen LogP contribution < -0.4 is 5.32 Å². The van der Waals surface area contributed by atoms with Gasteiger partial charge in [-0.15, -0.1) is 11.3 Å². The molecule has 0 aromatic carbocycles. The molecule has 0 fully saturated rings. The zero-order valence-electron chi connectivity index (χ0n) is 9.81. The smallest absolute Gasteiger partial charge is 0.317 e. The van der Waals surface area contributed by atoms with Gasteiger partial charge in [0, 0.05) is 28.0 Å². The Labute approximate surface area is 117 Å². The molecule has 0 aliphatic carbocycles. The van der Waals surface area contributed by atoms with E-state index >= 15 is 0 Å². The Bertz CT molecular complexity index is 511. The van der Waals surface area contributed by atoms with Crippen molar-refractivity contribution in [1.82, 2.24) is 20.4 Å². The lowest BCUT2D eigenvalue weighted by Gasteiger charge is -2.16. The minimum Gasteiger partial charge on any atom is -0.332 e. The van der Waals surface area contributed by atoms with Crippen LogP contribution in [0, 0.1) is 0 Å². The third kappa shape index (κ3) is 3.58. The van der Waals surface area contributed by atoms with Crippen molar-refractivity contribution in [2.75, 3.05) is 7.05 Å². The number of aromatic nitrogens is 2. The predicted molar refractivity (Wildman–Crippen MR) is 74.3 cm³/mol. The van der Waals surface area contributed by atoms with Crippen molar-refractivity contribution in [3.05, 3.63) is 38.8 Å². The molecule has 0 radical (unpaired) electrons. The van der Waals surface area contributed by atoms with Crippen molar-refractivity contribution in [1.29, 1.82) is 0 Å². The van der Waals surface area contributed by atoms with E-state index in [0.717, 1.165) is 15.0 Å². The quantitative estimate of drug-likeness (QED) is 0.906. The van der Waals surface area contributed by atoms with Crippen LogP contribution >= 0.6 is 27.3 Å². The normalized spacial score (nSPS) is 10.3. The number of nitrogens with zero attached hydrogens (tertiary/aromatic N) is 2. The number of hydrogen-bond acceptors (Lipinski definition) is 3. The van der Waals surface area contributed by atoms with E-state index in [9.17, 15) is 4.79 Å². The van der Waals surface area contributed by atoms with E-state index in [1.54, 1.807) is 29.5 Å². The zero-order chi connectivity index (χ0) is 13.0. The van der Waals surface area contributed by atoms with Gasteiger partial charge < -0.3 is 10.2 Å². The molecule has 2 amide bonds. The molecule has 0 unspecified atom stereocenters. The molecule has 0 aliphatic rings. The van der Waals surface area contributed by atoms with Gasteiger partial charge in [-0.2, -0.15) is 5.10 Å². The Kier molecular flexibility index (Phi) is 4.38. The maximum atomic E-state index is 11.8. The maximum absolute atomic E-state index is 11.8. The summed E-state index contributed by atoms with van der Waals surface area (Å²) in [5, 5.41) is 11.4.